The summed E-state index contributed by atoms with van der Waals surface area (Å²) in [6, 6.07) is 3.78. The standard InChI is InChI=1S/C15H19F2NO/c1-2-12-5-3-4-8-18(12)10-15(19)11-6-7-13(16)14(17)9-11/h6-7,9,12H,2-5,8,10H2,1H3. The molecule has 0 spiro atoms. The fourth-order valence-electron chi connectivity index (χ4n) is 2.68. The van der Waals surface area contributed by atoms with Crippen molar-refractivity contribution in [2.75, 3.05) is 13.1 Å². The van der Waals surface area contributed by atoms with Crippen LogP contribution in [0.5, 0.6) is 0 Å². The molecule has 1 aliphatic heterocycles. The van der Waals surface area contributed by atoms with Gasteiger partial charge in [-0.2, -0.15) is 0 Å². The molecule has 2 nitrogen and oxygen atoms in total. The predicted molar refractivity (Wildman–Crippen MR) is 70.2 cm³/mol. The molecule has 0 saturated carbocycles. The third kappa shape index (κ3) is 3.38. The van der Waals surface area contributed by atoms with Gasteiger partial charge in [0.15, 0.2) is 17.4 Å². The number of rotatable bonds is 4. The monoisotopic (exact) mass is 267 g/mol. The van der Waals surface area contributed by atoms with E-state index in [1.165, 1.54) is 12.5 Å². The van der Waals surface area contributed by atoms with E-state index >= 15 is 0 Å². The molecule has 0 bridgehead atoms. The third-order valence-electron chi connectivity index (χ3n) is 3.81. The van der Waals surface area contributed by atoms with Crippen LogP contribution in [0.3, 0.4) is 0 Å². The molecule has 1 unspecified atom stereocenters. The van der Waals surface area contributed by atoms with Crippen LogP contribution >= 0.6 is 0 Å². The molecule has 0 radical (unpaired) electrons. The first kappa shape index (κ1) is 14.1. The van der Waals surface area contributed by atoms with Crippen molar-refractivity contribution in [2.24, 2.45) is 0 Å². The second kappa shape index (κ2) is 6.24. The van der Waals surface area contributed by atoms with E-state index in [1.54, 1.807) is 0 Å². The Labute approximate surface area is 112 Å². The highest BCUT2D eigenvalue weighted by Crippen LogP contribution is 2.20. The molecule has 19 heavy (non-hydrogen) atoms. The normalized spacial score (nSPS) is 20.5. The molecule has 104 valence electrons. The number of hydrogen-bond acceptors (Lipinski definition) is 2. The smallest absolute Gasteiger partial charge is 0.176 e. The zero-order chi connectivity index (χ0) is 13.8. The van der Waals surface area contributed by atoms with Crippen LogP contribution in [-0.2, 0) is 0 Å². The van der Waals surface area contributed by atoms with Gasteiger partial charge in [-0.1, -0.05) is 13.3 Å². The molecule has 2 rings (SSSR count). The summed E-state index contributed by atoms with van der Waals surface area (Å²) in [4.78, 5) is 14.3. The van der Waals surface area contributed by atoms with Crippen LogP contribution in [0.1, 0.15) is 43.0 Å². The highest BCUT2D eigenvalue weighted by atomic mass is 19.2. The van der Waals surface area contributed by atoms with E-state index in [0.29, 0.717) is 12.6 Å². The topological polar surface area (TPSA) is 20.3 Å². The van der Waals surface area contributed by atoms with Gasteiger partial charge in [-0.15, -0.1) is 0 Å². The maximum atomic E-state index is 13.1. The quantitative estimate of drug-likeness (QED) is 0.779. The summed E-state index contributed by atoms with van der Waals surface area (Å²) in [5.74, 6) is -2.02. The summed E-state index contributed by atoms with van der Waals surface area (Å²) in [5, 5.41) is 0. The summed E-state index contributed by atoms with van der Waals surface area (Å²) in [5.41, 5.74) is 0.249. The van der Waals surface area contributed by atoms with Crippen LogP contribution < -0.4 is 0 Å². The number of carbonyl (C=O) groups is 1. The molecule has 1 atom stereocenters. The van der Waals surface area contributed by atoms with Gasteiger partial charge >= 0.3 is 0 Å². The van der Waals surface area contributed by atoms with E-state index in [-0.39, 0.29) is 11.3 Å². The van der Waals surface area contributed by atoms with Crippen LogP contribution in [0.15, 0.2) is 18.2 Å². The summed E-state index contributed by atoms with van der Waals surface area (Å²) >= 11 is 0. The van der Waals surface area contributed by atoms with Gasteiger partial charge in [0.2, 0.25) is 0 Å². The second-order valence-electron chi connectivity index (χ2n) is 5.08. The number of halogens is 2. The molecule has 1 saturated heterocycles. The van der Waals surface area contributed by atoms with Crippen LogP contribution in [0, 0.1) is 11.6 Å². The van der Waals surface area contributed by atoms with Gasteiger partial charge in [0.05, 0.1) is 6.54 Å². The van der Waals surface area contributed by atoms with Gasteiger partial charge in [0.25, 0.3) is 0 Å². The predicted octanol–water partition coefficient (Wildman–Crippen LogP) is 3.41. The molecule has 1 aromatic carbocycles. The maximum absolute atomic E-state index is 13.1. The number of carbonyl (C=O) groups excluding carboxylic acids is 1. The second-order valence-corrected chi connectivity index (χ2v) is 5.08. The summed E-state index contributed by atoms with van der Waals surface area (Å²) in [6.45, 7) is 3.32. The Hall–Kier alpha value is -1.29. The Balaban J connectivity index is 2.05. The van der Waals surface area contributed by atoms with Gasteiger partial charge in [-0.3, -0.25) is 9.69 Å². The lowest BCUT2D eigenvalue weighted by atomic mass is 9.99. The van der Waals surface area contributed by atoms with Crippen molar-refractivity contribution >= 4 is 5.78 Å². The lowest BCUT2D eigenvalue weighted by Gasteiger charge is -2.34. The minimum atomic E-state index is -0.962. The van der Waals surface area contributed by atoms with Crippen LogP contribution in [0.25, 0.3) is 0 Å². The molecular weight excluding hydrogens is 248 g/mol. The lowest BCUT2D eigenvalue weighted by molar-refractivity contribution is 0.0838. The van der Waals surface area contributed by atoms with E-state index in [9.17, 15) is 13.6 Å². The highest BCUT2D eigenvalue weighted by molar-refractivity contribution is 5.97. The Morgan fingerprint density at radius 3 is 2.79 bits per heavy atom. The van der Waals surface area contributed by atoms with E-state index in [0.717, 1.165) is 37.9 Å². The molecule has 1 aromatic rings. The Morgan fingerprint density at radius 2 is 2.11 bits per heavy atom. The number of benzene rings is 1. The van der Waals surface area contributed by atoms with Crippen molar-refractivity contribution in [3.8, 4) is 0 Å². The number of nitrogens with zero attached hydrogens (tertiary/aromatic N) is 1. The average molecular weight is 267 g/mol. The van der Waals surface area contributed by atoms with E-state index in [4.69, 9.17) is 0 Å². The lowest BCUT2D eigenvalue weighted by Crippen LogP contribution is -2.42. The van der Waals surface area contributed by atoms with Crippen molar-refractivity contribution in [2.45, 2.75) is 38.6 Å². The number of piperidine rings is 1. The Kier molecular flexibility index (Phi) is 4.64. The molecule has 4 heteroatoms. The zero-order valence-electron chi connectivity index (χ0n) is 11.2. The van der Waals surface area contributed by atoms with E-state index < -0.39 is 11.6 Å². The van der Waals surface area contributed by atoms with Gasteiger partial charge in [-0.25, -0.2) is 8.78 Å². The van der Waals surface area contributed by atoms with Gasteiger partial charge in [0, 0.05) is 11.6 Å². The number of Topliss-reactive ketones (excluding diaryl/α,β-unsaturated/α-hetero) is 1. The van der Waals surface area contributed by atoms with Crippen LogP contribution in [0.2, 0.25) is 0 Å². The molecule has 1 aliphatic rings. The molecule has 0 amide bonds. The SMILES string of the molecule is CCC1CCCCN1CC(=O)c1ccc(F)c(F)c1. The Bertz CT molecular complexity index is 461. The van der Waals surface area contributed by atoms with Gasteiger partial charge in [0.1, 0.15) is 0 Å². The number of ketones is 1. The number of hydrogen-bond donors (Lipinski definition) is 0. The number of likely N-dealkylation sites (tertiary alicyclic amines) is 1. The largest absolute Gasteiger partial charge is 0.293 e. The van der Waals surface area contributed by atoms with Crippen molar-refractivity contribution in [1.29, 1.82) is 0 Å². The first-order valence-electron chi connectivity index (χ1n) is 6.84. The first-order chi connectivity index (χ1) is 9.11. The van der Waals surface area contributed by atoms with Crippen LogP contribution in [0.4, 0.5) is 8.78 Å². The van der Waals surface area contributed by atoms with Crippen molar-refractivity contribution in [1.82, 2.24) is 4.90 Å². The molecular formula is C15H19F2NO. The summed E-state index contributed by atoms with van der Waals surface area (Å²) < 4.78 is 26.0. The molecule has 0 N–H and O–H groups in total. The Morgan fingerprint density at radius 1 is 1.32 bits per heavy atom. The van der Waals surface area contributed by atoms with E-state index in [2.05, 4.69) is 11.8 Å². The summed E-state index contributed by atoms with van der Waals surface area (Å²) in [7, 11) is 0. The van der Waals surface area contributed by atoms with Crippen LogP contribution in [-0.4, -0.2) is 29.8 Å². The van der Waals surface area contributed by atoms with Gasteiger partial charge < -0.3 is 0 Å². The first-order valence-corrected chi connectivity index (χ1v) is 6.84. The third-order valence-corrected chi connectivity index (χ3v) is 3.81. The van der Waals surface area contributed by atoms with Crippen molar-refractivity contribution < 1.29 is 13.6 Å². The van der Waals surface area contributed by atoms with Crippen molar-refractivity contribution in [3.05, 3.63) is 35.4 Å². The molecule has 0 aromatic heterocycles. The fraction of sp³-hybridized carbons (Fsp3) is 0.533. The molecule has 1 fully saturated rings. The maximum Gasteiger partial charge on any atom is 0.176 e. The van der Waals surface area contributed by atoms with Gasteiger partial charge in [-0.05, 0) is 44.0 Å². The van der Waals surface area contributed by atoms with Crippen molar-refractivity contribution in [3.63, 3.8) is 0 Å². The zero-order valence-corrected chi connectivity index (χ0v) is 11.2. The highest BCUT2D eigenvalue weighted by Gasteiger charge is 2.23. The fourth-order valence-corrected chi connectivity index (χ4v) is 2.68. The molecule has 0 aliphatic carbocycles. The van der Waals surface area contributed by atoms with E-state index in [1.807, 2.05) is 0 Å². The minimum absolute atomic E-state index is 0.140. The average Bonchev–Trinajstić information content (AvgIpc) is 2.42. The minimum Gasteiger partial charge on any atom is -0.293 e. The summed E-state index contributed by atoms with van der Waals surface area (Å²) in [6.07, 6.45) is 4.43. The molecule has 1 heterocycles.